The van der Waals surface area contributed by atoms with Gasteiger partial charge >= 0.3 is 0 Å². The summed E-state index contributed by atoms with van der Waals surface area (Å²) in [6, 6.07) is 78.8. The molecule has 0 saturated heterocycles. The lowest BCUT2D eigenvalue weighted by Gasteiger charge is -2.30. The summed E-state index contributed by atoms with van der Waals surface area (Å²) in [5, 5.41) is 9.43. The van der Waals surface area contributed by atoms with Crippen LogP contribution in [0.1, 0.15) is 0 Å². The van der Waals surface area contributed by atoms with Crippen molar-refractivity contribution in [2.24, 2.45) is 0 Å². The molecular formula is C56H36N2O. The van der Waals surface area contributed by atoms with Crippen molar-refractivity contribution in [3.05, 3.63) is 218 Å². The fraction of sp³-hybridized carbons (Fsp3) is 0. The SMILES string of the molecule is c1cc(-c2ccc3ccccc3c2)cc(N(c2ccccc2-c2cccc3oc4c5ccccc5ccc4c23)c2ccccc2-n2c3ccccc3c3ccccc32)c1. The summed E-state index contributed by atoms with van der Waals surface area (Å²) in [5.74, 6) is 0. The molecular weight excluding hydrogens is 717 g/mol. The average Bonchev–Trinajstić information content (AvgIpc) is 3.86. The van der Waals surface area contributed by atoms with Gasteiger partial charge < -0.3 is 13.9 Å². The molecule has 10 aromatic carbocycles. The molecule has 276 valence electrons. The number of nitrogens with zero attached hydrogens (tertiary/aromatic N) is 2. The highest BCUT2D eigenvalue weighted by Gasteiger charge is 2.24. The van der Waals surface area contributed by atoms with Crippen LogP contribution >= 0.6 is 0 Å². The molecule has 0 unspecified atom stereocenters. The van der Waals surface area contributed by atoms with E-state index in [1.807, 2.05) is 0 Å². The maximum atomic E-state index is 6.73. The van der Waals surface area contributed by atoms with Gasteiger partial charge in [0.15, 0.2) is 0 Å². The van der Waals surface area contributed by atoms with Crippen molar-refractivity contribution in [2.75, 3.05) is 4.90 Å². The number of fused-ring (bicyclic) bond motifs is 9. The fourth-order valence-electron chi connectivity index (χ4n) is 9.30. The highest BCUT2D eigenvalue weighted by molar-refractivity contribution is 6.20. The maximum absolute atomic E-state index is 6.73. The number of rotatable bonds is 6. The van der Waals surface area contributed by atoms with Gasteiger partial charge in [-0.05, 0) is 93.5 Å². The molecule has 59 heavy (non-hydrogen) atoms. The Morgan fingerprint density at radius 2 is 0.983 bits per heavy atom. The zero-order chi connectivity index (χ0) is 38.9. The van der Waals surface area contributed by atoms with E-state index in [0.717, 1.165) is 66.8 Å². The Morgan fingerprint density at radius 3 is 1.81 bits per heavy atom. The predicted molar refractivity (Wildman–Crippen MR) is 249 cm³/mol. The minimum absolute atomic E-state index is 0.874. The van der Waals surface area contributed by atoms with Crippen LogP contribution in [-0.4, -0.2) is 4.57 Å². The predicted octanol–water partition coefficient (Wildman–Crippen LogP) is 15.8. The molecule has 2 heterocycles. The molecule has 3 heteroatoms. The first kappa shape index (κ1) is 33.3. The van der Waals surface area contributed by atoms with Crippen LogP contribution in [0.15, 0.2) is 223 Å². The van der Waals surface area contributed by atoms with Gasteiger partial charge in [0.05, 0.1) is 28.1 Å². The summed E-state index contributed by atoms with van der Waals surface area (Å²) in [6.45, 7) is 0. The number of aromatic nitrogens is 1. The lowest BCUT2D eigenvalue weighted by Crippen LogP contribution is -2.14. The first-order valence-electron chi connectivity index (χ1n) is 20.2. The van der Waals surface area contributed by atoms with Gasteiger partial charge in [0, 0.05) is 38.2 Å². The molecule has 0 atom stereocenters. The molecule has 0 aliphatic carbocycles. The topological polar surface area (TPSA) is 21.3 Å². The quantitative estimate of drug-likeness (QED) is 0.169. The summed E-state index contributed by atoms with van der Waals surface area (Å²) in [4.78, 5) is 2.45. The van der Waals surface area contributed by atoms with E-state index in [4.69, 9.17) is 4.42 Å². The van der Waals surface area contributed by atoms with Gasteiger partial charge in [0.2, 0.25) is 0 Å². The molecule has 0 spiro atoms. The lowest BCUT2D eigenvalue weighted by molar-refractivity contribution is 0.673. The van der Waals surface area contributed by atoms with Gasteiger partial charge in [-0.1, -0.05) is 158 Å². The molecule has 0 aliphatic rings. The van der Waals surface area contributed by atoms with E-state index in [-0.39, 0.29) is 0 Å². The Bertz CT molecular complexity index is 3540. The third-order valence-corrected chi connectivity index (χ3v) is 12.0. The van der Waals surface area contributed by atoms with Gasteiger partial charge in [-0.15, -0.1) is 0 Å². The smallest absolute Gasteiger partial charge is 0.143 e. The van der Waals surface area contributed by atoms with Crippen molar-refractivity contribution >= 4 is 82.4 Å². The van der Waals surface area contributed by atoms with Crippen LogP contribution in [0.3, 0.4) is 0 Å². The summed E-state index contributed by atoms with van der Waals surface area (Å²) >= 11 is 0. The normalized spacial score (nSPS) is 11.7. The summed E-state index contributed by atoms with van der Waals surface area (Å²) in [7, 11) is 0. The lowest BCUT2D eigenvalue weighted by atomic mass is 9.95. The van der Waals surface area contributed by atoms with Crippen molar-refractivity contribution < 1.29 is 4.42 Å². The van der Waals surface area contributed by atoms with Gasteiger partial charge in [-0.3, -0.25) is 0 Å². The molecule has 12 rings (SSSR count). The van der Waals surface area contributed by atoms with Crippen molar-refractivity contribution in [2.45, 2.75) is 0 Å². The van der Waals surface area contributed by atoms with Crippen LogP contribution in [0.2, 0.25) is 0 Å². The van der Waals surface area contributed by atoms with Crippen LogP contribution in [0.5, 0.6) is 0 Å². The van der Waals surface area contributed by atoms with E-state index < -0.39 is 0 Å². The molecule has 0 bridgehead atoms. The zero-order valence-corrected chi connectivity index (χ0v) is 32.1. The molecule has 0 radical (unpaired) electrons. The van der Waals surface area contributed by atoms with E-state index in [9.17, 15) is 0 Å². The summed E-state index contributed by atoms with van der Waals surface area (Å²) in [6.07, 6.45) is 0. The van der Waals surface area contributed by atoms with E-state index in [0.29, 0.717) is 0 Å². The van der Waals surface area contributed by atoms with Gasteiger partial charge in [-0.25, -0.2) is 0 Å². The monoisotopic (exact) mass is 752 g/mol. The third-order valence-electron chi connectivity index (χ3n) is 12.0. The van der Waals surface area contributed by atoms with Gasteiger partial charge in [0.25, 0.3) is 0 Å². The van der Waals surface area contributed by atoms with E-state index >= 15 is 0 Å². The first-order chi connectivity index (χ1) is 29.3. The van der Waals surface area contributed by atoms with Crippen LogP contribution in [0, 0.1) is 0 Å². The third kappa shape index (κ3) is 5.29. The molecule has 0 amide bonds. The largest absolute Gasteiger partial charge is 0.455 e. The Balaban J connectivity index is 1.14. The van der Waals surface area contributed by atoms with Crippen molar-refractivity contribution in [1.29, 1.82) is 0 Å². The Morgan fingerprint density at radius 1 is 0.373 bits per heavy atom. The van der Waals surface area contributed by atoms with Crippen molar-refractivity contribution in [3.8, 4) is 27.9 Å². The molecule has 2 aromatic heterocycles. The highest BCUT2D eigenvalue weighted by atomic mass is 16.3. The summed E-state index contributed by atoms with van der Waals surface area (Å²) < 4.78 is 9.15. The number of anilines is 3. The molecule has 0 N–H and O–H groups in total. The molecule has 3 nitrogen and oxygen atoms in total. The van der Waals surface area contributed by atoms with E-state index in [1.54, 1.807) is 0 Å². The Labute approximate surface area is 341 Å². The zero-order valence-electron chi connectivity index (χ0n) is 32.1. The molecule has 0 fully saturated rings. The summed E-state index contributed by atoms with van der Waals surface area (Å²) in [5.41, 5.74) is 13.0. The number of para-hydroxylation sites is 5. The Kier molecular flexibility index (Phi) is 7.54. The second kappa shape index (κ2) is 13.4. The number of hydrogen-bond donors (Lipinski definition) is 0. The highest BCUT2D eigenvalue weighted by Crippen LogP contribution is 2.48. The minimum Gasteiger partial charge on any atom is -0.455 e. The van der Waals surface area contributed by atoms with Crippen LogP contribution in [0.4, 0.5) is 17.1 Å². The molecule has 0 aliphatic heterocycles. The average molecular weight is 753 g/mol. The fourth-order valence-corrected chi connectivity index (χ4v) is 9.30. The second-order valence-corrected chi connectivity index (χ2v) is 15.3. The van der Waals surface area contributed by atoms with Crippen LogP contribution < -0.4 is 4.90 Å². The van der Waals surface area contributed by atoms with Crippen LogP contribution in [0.25, 0.3) is 93.2 Å². The van der Waals surface area contributed by atoms with Crippen molar-refractivity contribution in [1.82, 2.24) is 4.57 Å². The first-order valence-corrected chi connectivity index (χ1v) is 20.2. The van der Waals surface area contributed by atoms with Gasteiger partial charge in [0.1, 0.15) is 11.2 Å². The second-order valence-electron chi connectivity index (χ2n) is 15.3. The maximum Gasteiger partial charge on any atom is 0.143 e. The van der Waals surface area contributed by atoms with Crippen molar-refractivity contribution in [3.63, 3.8) is 0 Å². The Hall–Kier alpha value is -7.88. The molecule has 12 aromatic rings. The standard InChI is InChI=1S/C56H36N2O/c1-2-17-39-35-41(32-31-37(39)15-1)40-18-13-19-42(36-40)57(52-28-11-12-29-53(52)58-50-26-9-5-21-44(50)45-22-6-10-27-51(45)58)49-25-8-7-23-46(49)47-24-14-30-54-55(47)48-34-33-38-16-3-4-20-43(38)56(48)59-54/h1-36H. The van der Waals surface area contributed by atoms with E-state index in [2.05, 4.69) is 228 Å². The number of hydrogen-bond acceptors (Lipinski definition) is 2. The van der Waals surface area contributed by atoms with Gasteiger partial charge in [-0.2, -0.15) is 0 Å². The minimum atomic E-state index is 0.874. The van der Waals surface area contributed by atoms with E-state index in [1.165, 1.54) is 43.5 Å². The number of furan rings is 1. The number of benzene rings is 10. The molecule has 0 saturated carbocycles. The van der Waals surface area contributed by atoms with Crippen LogP contribution in [-0.2, 0) is 0 Å².